The predicted molar refractivity (Wildman–Crippen MR) is 81.2 cm³/mol. The number of rotatable bonds is 4. The first-order valence-electron chi connectivity index (χ1n) is 7.34. The van der Waals surface area contributed by atoms with Gasteiger partial charge in [-0.2, -0.15) is 0 Å². The average Bonchev–Trinajstić information content (AvgIpc) is 2.66. The Labute approximate surface area is 120 Å². The van der Waals surface area contributed by atoms with Gasteiger partial charge in [-0.1, -0.05) is 6.92 Å². The van der Waals surface area contributed by atoms with Crippen LogP contribution in [0.15, 0.2) is 18.2 Å². The maximum Gasteiger partial charge on any atom is 0.269 e. The van der Waals surface area contributed by atoms with Crippen LogP contribution < -0.4 is 5.32 Å². The summed E-state index contributed by atoms with van der Waals surface area (Å²) in [6.45, 7) is 7.54. The number of likely N-dealkylation sites (tertiary alicyclic amines) is 1. The third-order valence-corrected chi connectivity index (χ3v) is 4.05. The molecule has 0 aromatic heterocycles. The van der Waals surface area contributed by atoms with Gasteiger partial charge in [-0.15, -0.1) is 0 Å². The molecule has 0 aliphatic carbocycles. The number of nitrogens with zero attached hydrogens (tertiary/aromatic N) is 2. The Morgan fingerprint density at radius 1 is 1.40 bits per heavy atom. The first-order chi connectivity index (χ1) is 9.60. The molecule has 1 unspecified atom stereocenters. The van der Waals surface area contributed by atoms with Crippen LogP contribution >= 0.6 is 0 Å². The summed E-state index contributed by atoms with van der Waals surface area (Å²) in [5.41, 5.74) is 2.12. The highest BCUT2D eigenvalue weighted by atomic mass is 16.6. The van der Waals surface area contributed by atoms with Gasteiger partial charge in [0.15, 0.2) is 0 Å². The number of non-ortho nitro benzene ring substituents is 1. The van der Waals surface area contributed by atoms with E-state index in [1.807, 2.05) is 13.0 Å². The molecule has 0 amide bonds. The minimum Gasteiger partial charge on any atom is -0.382 e. The average molecular weight is 277 g/mol. The summed E-state index contributed by atoms with van der Waals surface area (Å²) in [4.78, 5) is 12.9. The third kappa shape index (κ3) is 3.70. The minimum absolute atomic E-state index is 0.158. The second kappa shape index (κ2) is 6.70. The number of nitro benzene ring substituents is 1. The molecule has 1 aromatic rings. The maximum absolute atomic E-state index is 10.7. The standard InChI is InChI=1S/C15H23N3O2/c1-3-17-9-4-5-13(8-10-17)16-15-7-6-14(18(19)20)11-12(15)2/h6-7,11,13,16H,3-5,8-10H2,1-2H3. The summed E-state index contributed by atoms with van der Waals surface area (Å²) in [7, 11) is 0. The highest BCUT2D eigenvalue weighted by Crippen LogP contribution is 2.24. The van der Waals surface area contributed by atoms with Crippen molar-refractivity contribution in [3.05, 3.63) is 33.9 Å². The van der Waals surface area contributed by atoms with Crippen LogP contribution in [-0.2, 0) is 0 Å². The Balaban J connectivity index is 2.01. The summed E-state index contributed by atoms with van der Waals surface area (Å²) in [6, 6.07) is 5.50. The molecule has 1 aliphatic heterocycles. The molecule has 5 heteroatoms. The zero-order valence-electron chi connectivity index (χ0n) is 12.3. The lowest BCUT2D eigenvalue weighted by atomic mass is 10.1. The molecule has 0 radical (unpaired) electrons. The van der Waals surface area contributed by atoms with E-state index in [-0.39, 0.29) is 10.6 Å². The van der Waals surface area contributed by atoms with Crippen LogP contribution in [0.1, 0.15) is 31.7 Å². The highest BCUT2D eigenvalue weighted by molar-refractivity contribution is 5.55. The predicted octanol–water partition coefficient (Wildman–Crippen LogP) is 3.19. The highest BCUT2D eigenvalue weighted by Gasteiger charge is 2.17. The van der Waals surface area contributed by atoms with Crippen LogP contribution in [0.4, 0.5) is 11.4 Å². The Hall–Kier alpha value is -1.62. The lowest BCUT2D eigenvalue weighted by Gasteiger charge is -2.20. The van der Waals surface area contributed by atoms with Gasteiger partial charge in [-0.25, -0.2) is 0 Å². The van der Waals surface area contributed by atoms with Gasteiger partial charge in [-0.05, 0) is 50.9 Å². The maximum atomic E-state index is 10.7. The molecule has 1 heterocycles. The topological polar surface area (TPSA) is 58.4 Å². The zero-order valence-corrected chi connectivity index (χ0v) is 12.3. The number of benzene rings is 1. The minimum atomic E-state index is -0.346. The van der Waals surface area contributed by atoms with Gasteiger partial charge in [0.1, 0.15) is 0 Å². The zero-order chi connectivity index (χ0) is 14.5. The van der Waals surface area contributed by atoms with Gasteiger partial charge in [0, 0.05) is 30.4 Å². The molecule has 1 aromatic carbocycles. The second-order valence-corrected chi connectivity index (χ2v) is 5.46. The van der Waals surface area contributed by atoms with Crippen LogP contribution in [0.25, 0.3) is 0 Å². The van der Waals surface area contributed by atoms with Gasteiger partial charge < -0.3 is 10.2 Å². The van der Waals surface area contributed by atoms with Gasteiger partial charge in [0.2, 0.25) is 0 Å². The molecule has 1 saturated heterocycles. The van der Waals surface area contributed by atoms with Crippen molar-refractivity contribution in [1.82, 2.24) is 4.90 Å². The van der Waals surface area contributed by atoms with Crippen LogP contribution in [-0.4, -0.2) is 35.5 Å². The van der Waals surface area contributed by atoms with Crippen molar-refractivity contribution in [2.24, 2.45) is 0 Å². The summed E-state index contributed by atoms with van der Waals surface area (Å²) >= 11 is 0. The van der Waals surface area contributed by atoms with Crippen molar-refractivity contribution in [2.75, 3.05) is 25.0 Å². The first kappa shape index (κ1) is 14.8. The molecule has 20 heavy (non-hydrogen) atoms. The molecular weight excluding hydrogens is 254 g/mol. The van der Waals surface area contributed by atoms with E-state index < -0.39 is 0 Å². The number of aryl methyl sites for hydroxylation is 1. The molecule has 5 nitrogen and oxygen atoms in total. The van der Waals surface area contributed by atoms with Crippen molar-refractivity contribution in [2.45, 2.75) is 39.2 Å². The lowest BCUT2D eigenvalue weighted by Crippen LogP contribution is -2.26. The fourth-order valence-electron chi connectivity index (χ4n) is 2.76. The van der Waals surface area contributed by atoms with Gasteiger partial charge in [-0.3, -0.25) is 10.1 Å². The molecule has 110 valence electrons. The van der Waals surface area contributed by atoms with Crippen LogP contribution in [0.2, 0.25) is 0 Å². The van der Waals surface area contributed by atoms with Crippen molar-refractivity contribution in [3.8, 4) is 0 Å². The normalized spacial score (nSPS) is 20.4. The van der Waals surface area contributed by atoms with E-state index in [1.165, 1.54) is 13.0 Å². The number of hydrogen-bond donors (Lipinski definition) is 1. The van der Waals surface area contributed by atoms with Crippen LogP contribution in [0.3, 0.4) is 0 Å². The Kier molecular flexibility index (Phi) is 4.95. The first-order valence-corrected chi connectivity index (χ1v) is 7.34. The summed E-state index contributed by atoms with van der Waals surface area (Å²) in [5.74, 6) is 0. The number of anilines is 1. The Morgan fingerprint density at radius 3 is 2.85 bits per heavy atom. The molecule has 1 N–H and O–H groups in total. The Morgan fingerprint density at radius 2 is 2.20 bits per heavy atom. The number of nitro groups is 1. The van der Waals surface area contributed by atoms with Crippen LogP contribution in [0, 0.1) is 17.0 Å². The van der Waals surface area contributed by atoms with E-state index >= 15 is 0 Å². The number of nitrogens with one attached hydrogen (secondary N) is 1. The van der Waals surface area contributed by atoms with Gasteiger partial charge in [0.05, 0.1) is 4.92 Å². The molecule has 1 atom stereocenters. The summed E-state index contributed by atoms with van der Waals surface area (Å²) in [6.07, 6.45) is 3.49. The number of hydrogen-bond acceptors (Lipinski definition) is 4. The van der Waals surface area contributed by atoms with Gasteiger partial charge >= 0.3 is 0 Å². The quantitative estimate of drug-likeness (QED) is 0.678. The third-order valence-electron chi connectivity index (χ3n) is 4.05. The molecular formula is C15H23N3O2. The van der Waals surface area contributed by atoms with Crippen LogP contribution in [0.5, 0.6) is 0 Å². The Bertz CT molecular complexity index is 476. The van der Waals surface area contributed by atoms with E-state index in [0.717, 1.165) is 37.2 Å². The summed E-state index contributed by atoms with van der Waals surface area (Å²) in [5, 5.41) is 14.3. The van der Waals surface area contributed by atoms with Gasteiger partial charge in [0.25, 0.3) is 5.69 Å². The van der Waals surface area contributed by atoms with Crippen molar-refractivity contribution in [3.63, 3.8) is 0 Å². The van der Waals surface area contributed by atoms with Crippen molar-refractivity contribution in [1.29, 1.82) is 0 Å². The molecule has 2 rings (SSSR count). The van der Waals surface area contributed by atoms with E-state index in [2.05, 4.69) is 17.1 Å². The molecule has 0 spiro atoms. The van der Waals surface area contributed by atoms with E-state index in [0.29, 0.717) is 6.04 Å². The largest absolute Gasteiger partial charge is 0.382 e. The van der Waals surface area contributed by atoms with E-state index in [4.69, 9.17) is 0 Å². The SMILES string of the molecule is CCN1CCCC(Nc2ccc([N+](=O)[O-])cc2C)CC1. The smallest absolute Gasteiger partial charge is 0.269 e. The second-order valence-electron chi connectivity index (χ2n) is 5.46. The monoisotopic (exact) mass is 277 g/mol. The van der Waals surface area contributed by atoms with E-state index in [1.54, 1.807) is 12.1 Å². The van der Waals surface area contributed by atoms with Crippen molar-refractivity contribution < 1.29 is 4.92 Å². The molecule has 1 fully saturated rings. The van der Waals surface area contributed by atoms with Crippen molar-refractivity contribution >= 4 is 11.4 Å². The lowest BCUT2D eigenvalue weighted by molar-refractivity contribution is -0.384. The summed E-state index contributed by atoms with van der Waals surface area (Å²) < 4.78 is 0. The molecule has 0 bridgehead atoms. The fourth-order valence-corrected chi connectivity index (χ4v) is 2.76. The van der Waals surface area contributed by atoms with E-state index in [9.17, 15) is 10.1 Å². The molecule has 0 saturated carbocycles. The fraction of sp³-hybridized carbons (Fsp3) is 0.600. The molecule has 1 aliphatic rings.